The summed E-state index contributed by atoms with van der Waals surface area (Å²) >= 11 is 12.8. The predicted molar refractivity (Wildman–Crippen MR) is 196 cm³/mol. The SMILES string of the molecule is N#Cc1cnc2c(Cl)cc(NC(C3=CN(C4CCN(C(=O)OCc5ccccc5)CC4)NN3)c3ccc(F)c(F)c3)cc2c1Nc1ccc(F)c(Cl)c1. The largest absolute Gasteiger partial charge is 0.445 e. The second kappa shape index (κ2) is 15.5. The molecule has 1 unspecified atom stereocenters. The molecule has 2 aliphatic rings. The number of benzene rings is 4. The molecule has 3 heterocycles. The maximum absolute atomic E-state index is 14.6. The highest BCUT2D eigenvalue weighted by atomic mass is 35.5. The molecule has 7 rings (SSSR count). The lowest BCUT2D eigenvalue weighted by Crippen LogP contribution is -2.49. The number of halogens is 5. The van der Waals surface area contributed by atoms with E-state index >= 15 is 0 Å². The van der Waals surface area contributed by atoms with Crippen LogP contribution in [-0.4, -0.2) is 40.1 Å². The number of nitriles is 1. The third-order valence-corrected chi connectivity index (χ3v) is 9.64. The van der Waals surface area contributed by atoms with Crippen molar-refractivity contribution < 1.29 is 22.7 Å². The number of likely N-dealkylation sites (tertiary alicyclic amines) is 1. The number of carbonyl (C=O) groups excluding carboxylic acids is 1. The van der Waals surface area contributed by atoms with Gasteiger partial charge in [-0.05, 0) is 66.4 Å². The fourth-order valence-electron chi connectivity index (χ4n) is 6.30. The van der Waals surface area contributed by atoms with Gasteiger partial charge >= 0.3 is 6.09 Å². The van der Waals surface area contributed by atoms with Gasteiger partial charge < -0.3 is 25.7 Å². The minimum absolute atomic E-state index is 0.00275. The van der Waals surface area contributed by atoms with Gasteiger partial charge in [-0.25, -0.2) is 18.0 Å². The van der Waals surface area contributed by atoms with Crippen molar-refractivity contribution in [3.63, 3.8) is 0 Å². The molecule has 0 spiro atoms. The first-order valence-electron chi connectivity index (χ1n) is 16.6. The topological polar surface area (TPSA) is 118 Å². The zero-order chi connectivity index (χ0) is 37.1. The van der Waals surface area contributed by atoms with E-state index in [0.29, 0.717) is 65.2 Å². The number of fused-ring (bicyclic) bond motifs is 1. The smallest absolute Gasteiger partial charge is 0.410 e. The number of hydrogen-bond donors (Lipinski definition) is 4. The summed E-state index contributed by atoms with van der Waals surface area (Å²) in [5.74, 6) is -2.61. The van der Waals surface area contributed by atoms with Gasteiger partial charge in [0.15, 0.2) is 11.6 Å². The third kappa shape index (κ3) is 7.90. The molecule has 53 heavy (non-hydrogen) atoms. The lowest BCUT2D eigenvalue weighted by molar-refractivity contribution is 0.0681. The standard InChI is InChI=1S/C38H31Cl2F3N8O2/c39-29-16-25(7-9-31(29)41)46-35-24(18-44)19-45-37-28(35)15-26(17-30(37)40)47-36(23-6-8-32(42)33(43)14-23)34-20-51(49-48-34)27-10-12-50(13-11-27)38(52)53-21-22-4-2-1-3-5-22/h1-9,14-17,19-20,27,36,47-49H,10-13,21H2,(H,45,46). The Kier molecular flexibility index (Phi) is 10.5. The van der Waals surface area contributed by atoms with E-state index < -0.39 is 23.5 Å². The van der Waals surface area contributed by atoms with E-state index in [-0.39, 0.29) is 34.4 Å². The van der Waals surface area contributed by atoms with Crippen LogP contribution in [0.3, 0.4) is 0 Å². The molecule has 0 saturated carbocycles. The number of nitrogens with zero attached hydrogens (tertiary/aromatic N) is 4. The van der Waals surface area contributed by atoms with Crippen LogP contribution in [0.4, 0.5) is 35.0 Å². The molecule has 1 amide bonds. The summed E-state index contributed by atoms with van der Waals surface area (Å²) in [6, 6.07) is 21.9. The van der Waals surface area contributed by atoms with Crippen molar-refractivity contribution in [2.45, 2.75) is 31.5 Å². The second-order valence-electron chi connectivity index (χ2n) is 12.5. The van der Waals surface area contributed by atoms with Crippen LogP contribution in [0.25, 0.3) is 10.9 Å². The number of piperidine rings is 1. The van der Waals surface area contributed by atoms with Crippen LogP contribution in [0.2, 0.25) is 10.0 Å². The van der Waals surface area contributed by atoms with E-state index in [0.717, 1.165) is 17.7 Å². The van der Waals surface area contributed by atoms with Gasteiger partial charge in [0.05, 0.1) is 38.6 Å². The Morgan fingerprint density at radius 2 is 1.72 bits per heavy atom. The number of nitrogens with one attached hydrogen (secondary N) is 4. The van der Waals surface area contributed by atoms with Crippen LogP contribution in [-0.2, 0) is 11.3 Å². The fourth-order valence-corrected chi connectivity index (χ4v) is 6.75. The first-order valence-corrected chi connectivity index (χ1v) is 17.4. The average Bonchev–Trinajstić information content (AvgIpc) is 3.66. The summed E-state index contributed by atoms with van der Waals surface area (Å²) in [6.07, 6.45) is 4.14. The van der Waals surface area contributed by atoms with Crippen molar-refractivity contribution in [3.8, 4) is 6.07 Å². The molecule has 1 aromatic heterocycles. The highest BCUT2D eigenvalue weighted by Gasteiger charge is 2.31. The van der Waals surface area contributed by atoms with Crippen molar-refractivity contribution in [2.24, 2.45) is 0 Å². The number of hydrazine groups is 2. The van der Waals surface area contributed by atoms with Gasteiger partial charge in [-0.1, -0.05) is 59.6 Å². The molecule has 4 aromatic carbocycles. The van der Waals surface area contributed by atoms with Gasteiger partial charge in [0.1, 0.15) is 18.5 Å². The van der Waals surface area contributed by atoms with Gasteiger partial charge in [0, 0.05) is 48.3 Å². The van der Waals surface area contributed by atoms with Crippen LogP contribution in [0.15, 0.2) is 97.0 Å². The Hall–Kier alpha value is -5.68. The lowest BCUT2D eigenvalue weighted by atomic mass is 10.0. The Labute approximate surface area is 312 Å². The molecule has 0 radical (unpaired) electrons. The van der Waals surface area contributed by atoms with Crippen molar-refractivity contribution in [1.82, 2.24) is 25.9 Å². The predicted octanol–water partition coefficient (Wildman–Crippen LogP) is 8.69. The molecule has 0 bridgehead atoms. The van der Waals surface area contributed by atoms with E-state index in [1.54, 1.807) is 17.0 Å². The molecule has 270 valence electrons. The molecule has 2 aliphatic heterocycles. The lowest BCUT2D eigenvalue weighted by Gasteiger charge is -2.35. The Morgan fingerprint density at radius 3 is 2.45 bits per heavy atom. The van der Waals surface area contributed by atoms with Gasteiger partial charge in [0.25, 0.3) is 0 Å². The molecule has 4 N–H and O–H groups in total. The van der Waals surface area contributed by atoms with Crippen LogP contribution in [0, 0.1) is 28.8 Å². The summed E-state index contributed by atoms with van der Waals surface area (Å²) in [5, 5.41) is 19.0. The number of amides is 1. The van der Waals surface area contributed by atoms with Crippen LogP contribution < -0.4 is 21.6 Å². The van der Waals surface area contributed by atoms with Gasteiger partial charge in [-0.15, -0.1) is 5.53 Å². The monoisotopic (exact) mass is 758 g/mol. The number of aromatic nitrogens is 1. The third-order valence-electron chi connectivity index (χ3n) is 9.06. The summed E-state index contributed by atoms with van der Waals surface area (Å²) in [4.78, 5) is 18.8. The molecule has 1 saturated heterocycles. The van der Waals surface area contributed by atoms with Crippen LogP contribution >= 0.6 is 23.2 Å². The Morgan fingerprint density at radius 1 is 0.962 bits per heavy atom. The maximum atomic E-state index is 14.6. The van der Waals surface area contributed by atoms with Gasteiger partial charge in [-0.3, -0.25) is 9.99 Å². The van der Waals surface area contributed by atoms with Crippen LogP contribution in [0.1, 0.15) is 35.6 Å². The van der Waals surface area contributed by atoms with E-state index in [2.05, 4.69) is 32.6 Å². The molecule has 10 nitrogen and oxygen atoms in total. The number of rotatable bonds is 9. The number of anilines is 3. The van der Waals surface area contributed by atoms with E-state index in [1.165, 1.54) is 30.5 Å². The molecule has 15 heteroatoms. The normalized spacial score (nSPS) is 15.1. The fraction of sp³-hybridized carbons (Fsp3) is 0.184. The van der Waals surface area contributed by atoms with Crippen molar-refractivity contribution >= 4 is 57.3 Å². The number of carbonyl (C=O) groups is 1. The van der Waals surface area contributed by atoms with Crippen molar-refractivity contribution in [2.75, 3.05) is 23.7 Å². The Balaban J connectivity index is 1.13. The van der Waals surface area contributed by atoms with Crippen molar-refractivity contribution in [1.29, 1.82) is 5.26 Å². The first kappa shape index (κ1) is 35.7. The summed E-state index contributed by atoms with van der Waals surface area (Å²) in [7, 11) is 0. The summed E-state index contributed by atoms with van der Waals surface area (Å²) in [6.45, 7) is 1.17. The highest BCUT2D eigenvalue weighted by Crippen LogP contribution is 2.38. The highest BCUT2D eigenvalue weighted by molar-refractivity contribution is 6.36. The van der Waals surface area contributed by atoms with Gasteiger partial charge in [0.2, 0.25) is 0 Å². The molecular weight excluding hydrogens is 728 g/mol. The van der Waals surface area contributed by atoms with E-state index in [9.17, 15) is 23.2 Å². The zero-order valence-corrected chi connectivity index (χ0v) is 29.4. The molecule has 1 fully saturated rings. The maximum Gasteiger partial charge on any atom is 0.410 e. The Bertz CT molecular complexity index is 2250. The molecule has 5 aromatic rings. The van der Waals surface area contributed by atoms with Crippen LogP contribution in [0.5, 0.6) is 0 Å². The van der Waals surface area contributed by atoms with Gasteiger partial charge in [-0.2, -0.15) is 5.26 Å². The minimum Gasteiger partial charge on any atom is -0.445 e. The zero-order valence-electron chi connectivity index (χ0n) is 27.8. The summed E-state index contributed by atoms with van der Waals surface area (Å²) in [5.41, 5.74) is 10.1. The van der Waals surface area contributed by atoms with Crippen molar-refractivity contribution in [3.05, 3.63) is 141 Å². The minimum atomic E-state index is -1.02. The first-order chi connectivity index (χ1) is 25.7. The number of pyridine rings is 1. The van der Waals surface area contributed by atoms with E-state index in [4.69, 9.17) is 27.9 Å². The quantitative estimate of drug-likeness (QED) is 0.117. The number of ether oxygens (including phenoxy) is 1. The molecule has 1 atom stereocenters. The molecular formula is C38H31Cl2F3N8O2. The molecule has 0 aliphatic carbocycles. The second-order valence-corrected chi connectivity index (χ2v) is 13.3. The van der Waals surface area contributed by atoms with E-state index in [1.807, 2.05) is 41.5 Å². The number of hydrogen-bond acceptors (Lipinski definition) is 9. The average molecular weight is 760 g/mol. The summed E-state index contributed by atoms with van der Waals surface area (Å²) < 4.78 is 48.1.